The fourth-order valence-electron chi connectivity index (χ4n) is 13.4. The maximum atomic E-state index is 14.4. The van der Waals surface area contributed by atoms with E-state index in [1.807, 2.05) is 0 Å². The Bertz CT molecular complexity index is 1250. The average molecular weight is 683 g/mol. The van der Waals surface area contributed by atoms with Gasteiger partial charge in [-0.3, -0.25) is 14.4 Å². The number of carbonyl (C=O) groups excluding carboxylic acids is 2. The second kappa shape index (κ2) is 14.6. The molecule has 0 heterocycles. The van der Waals surface area contributed by atoms with Crippen LogP contribution in [0.2, 0.25) is 0 Å². The van der Waals surface area contributed by atoms with Gasteiger partial charge in [-0.05, 0) is 142 Å². The lowest BCUT2D eigenvalue weighted by Gasteiger charge is -2.72. The van der Waals surface area contributed by atoms with Gasteiger partial charge < -0.3 is 20.8 Å². The summed E-state index contributed by atoms with van der Waals surface area (Å²) in [7, 11) is 0. The molecule has 0 saturated heterocycles. The molecule has 0 spiro atoms. The normalized spacial score (nSPS) is 40.6. The van der Waals surface area contributed by atoms with Gasteiger partial charge in [0.25, 0.3) is 0 Å². The summed E-state index contributed by atoms with van der Waals surface area (Å²) < 4.78 is 0. The van der Waals surface area contributed by atoms with Crippen molar-refractivity contribution in [2.24, 2.45) is 56.7 Å². The van der Waals surface area contributed by atoms with Gasteiger partial charge in [-0.2, -0.15) is 0 Å². The number of unbranched alkanes of at least 4 members (excludes halogenated alkanes) is 4. The number of fused-ring (bicyclic) bond motifs is 7. The largest absolute Gasteiger partial charge is 0.481 e. The highest BCUT2D eigenvalue weighted by atomic mass is 16.4. The van der Waals surface area contributed by atoms with Crippen LogP contribution in [0.25, 0.3) is 0 Å². The maximum Gasteiger partial charge on any atom is 0.303 e. The number of hydrogen-bond acceptors (Lipinski definition) is 4. The van der Waals surface area contributed by atoms with Crippen LogP contribution in [0.4, 0.5) is 0 Å². The van der Waals surface area contributed by atoms with E-state index in [0.29, 0.717) is 48.5 Å². The van der Waals surface area contributed by atoms with Crippen LogP contribution in [0, 0.1) is 56.7 Å². The number of hydrogen-bond donors (Lipinski definition) is 4. The highest BCUT2D eigenvalue weighted by Crippen LogP contribution is 2.77. The quantitative estimate of drug-likeness (QED) is 0.108. The van der Waals surface area contributed by atoms with E-state index in [2.05, 4.69) is 58.8 Å². The van der Waals surface area contributed by atoms with Crippen molar-refractivity contribution in [1.82, 2.24) is 10.6 Å². The lowest BCUT2D eigenvalue weighted by Crippen LogP contribution is -2.67. The predicted molar refractivity (Wildman–Crippen MR) is 196 cm³/mol. The Labute approximate surface area is 297 Å². The van der Waals surface area contributed by atoms with E-state index >= 15 is 0 Å². The molecule has 2 amide bonds. The molecule has 4 N–H and O–H groups in total. The Kier molecular flexibility index (Phi) is 11.4. The molecule has 0 aromatic rings. The second-order valence-corrected chi connectivity index (χ2v) is 18.8. The lowest BCUT2D eigenvalue weighted by molar-refractivity contribution is -0.246. The molecule has 0 radical (unpaired) electrons. The van der Waals surface area contributed by atoms with Gasteiger partial charge in [-0.15, -0.1) is 0 Å². The standard InChI is InChI=1S/C42H70N2O5/c1-28(2)29-18-23-42(37(49)44-27-12-10-8-9-11-26-43-34(46)14-13-15-35(47)48)25-24-40(6)30(36(29)42)16-17-32-39(5)21-20-33(45)38(3,4)31(39)19-22-41(32,40)7/h29-33,36,45H,1,8-27H2,2-7H3,(H,43,46)(H,44,49)(H,47,48)/t29-,30+,31-,32?,33-,36+,39-,40+,41+,42-/m0/s1. The number of amides is 2. The molecule has 5 aliphatic rings. The van der Waals surface area contributed by atoms with Crippen molar-refractivity contribution in [2.45, 2.75) is 163 Å². The third-order valence-electron chi connectivity index (χ3n) is 16.3. The Morgan fingerprint density at radius 3 is 2.06 bits per heavy atom. The van der Waals surface area contributed by atoms with Crippen LogP contribution in [-0.4, -0.2) is 47.2 Å². The highest BCUT2D eigenvalue weighted by Gasteiger charge is 2.71. The molecule has 0 aromatic heterocycles. The molecule has 7 heteroatoms. The van der Waals surface area contributed by atoms with Crippen molar-refractivity contribution < 1.29 is 24.6 Å². The monoisotopic (exact) mass is 683 g/mol. The molecule has 0 aromatic carbocycles. The molecule has 1 unspecified atom stereocenters. The van der Waals surface area contributed by atoms with Gasteiger partial charge in [0.05, 0.1) is 11.5 Å². The summed E-state index contributed by atoms with van der Waals surface area (Å²) in [6.45, 7) is 20.6. The van der Waals surface area contributed by atoms with Crippen LogP contribution < -0.4 is 10.6 Å². The van der Waals surface area contributed by atoms with Crippen LogP contribution in [0.1, 0.15) is 157 Å². The molecule has 5 saturated carbocycles. The zero-order valence-corrected chi connectivity index (χ0v) is 31.9. The third-order valence-corrected chi connectivity index (χ3v) is 16.3. The minimum Gasteiger partial charge on any atom is -0.481 e. The Balaban J connectivity index is 1.18. The number of aliphatic carboxylic acids is 1. The number of carbonyl (C=O) groups is 3. The number of aliphatic hydroxyl groups is 1. The zero-order chi connectivity index (χ0) is 35.8. The summed E-state index contributed by atoms with van der Waals surface area (Å²) in [6.07, 6.45) is 16.7. The van der Waals surface area contributed by atoms with Gasteiger partial charge in [0.2, 0.25) is 11.8 Å². The fraction of sp³-hybridized carbons (Fsp3) is 0.881. The molecule has 278 valence electrons. The predicted octanol–water partition coefficient (Wildman–Crippen LogP) is 8.44. The number of nitrogens with one attached hydrogen (secondary N) is 2. The van der Waals surface area contributed by atoms with Crippen molar-refractivity contribution in [3.05, 3.63) is 12.2 Å². The van der Waals surface area contributed by atoms with Gasteiger partial charge in [0.1, 0.15) is 0 Å². The average Bonchev–Trinajstić information content (AvgIpc) is 3.44. The molecule has 5 fully saturated rings. The number of carboxylic acid groups (broad SMARTS) is 1. The third kappa shape index (κ3) is 6.77. The molecule has 5 rings (SSSR count). The summed E-state index contributed by atoms with van der Waals surface area (Å²) in [4.78, 5) is 36.8. The molecule has 5 aliphatic carbocycles. The van der Waals surface area contributed by atoms with Crippen molar-refractivity contribution in [3.8, 4) is 0 Å². The Morgan fingerprint density at radius 2 is 1.39 bits per heavy atom. The number of aliphatic hydroxyl groups excluding tert-OH is 1. The van der Waals surface area contributed by atoms with Gasteiger partial charge in [0.15, 0.2) is 0 Å². The first kappa shape index (κ1) is 38.3. The molecule has 0 aliphatic heterocycles. The number of carboxylic acids is 1. The van der Waals surface area contributed by atoms with E-state index in [1.54, 1.807) is 0 Å². The minimum atomic E-state index is -0.861. The molecule has 49 heavy (non-hydrogen) atoms. The van der Waals surface area contributed by atoms with E-state index < -0.39 is 5.97 Å². The van der Waals surface area contributed by atoms with Crippen LogP contribution in [0.15, 0.2) is 12.2 Å². The first-order valence-corrected chi connectivity index (χ1v) is 20.1. The molecular formula is C42H70N2O5. The zero-order valence-electron chi connectivity index (χ0n) is 31.9. The van der Waals surface area contributed by atoms with E-state index in [0.717, 1.165) is 77.2 Å². The maximum absolute atomic E-state index is 14.4. The van der Waals surface area contributed by atoms with Crippen molar-refractivity contribution >= 4 is 17.8 Å². The summed E-state index contributed by atoms with van der Waals surface area (Å²) in [5.74, 6) is 1.94. The topological polar surface area (TPSA) is 116 Å². The second-order valence-electron chi connectivity index (χ2n) is 18.8. The Morgan fingerprint density at radius 1 is 0.714 bits per heavy atom. The molecular weight excluding hydrogens is 612 g/mol. The van der Waals surface area contributed by atoms with Crippen LogP contribution >= 0.6 is 0 Å². The number of rotatable bonds is 14. The first-order valence-electron chi connectivity index (χ1n) is 20.1. The molecule has 10 atom stereocenters. The van der Waals surface area contributed by atoms with Crippen molar-refractivity contribution in [3.63, 3.8) is 0 Å². The van der Waals surface area contributed by atoms with E-state index in [1.165, 1.54) is 31.3 Å². The van der Waals surface area contributed by atoms with Crippen molar-refractivity contribution in [1.29, 1.82) is 0 Å². The summed E-state index contributed by atoms with van der Waals surface area (Å²) in [6, 6.07) is 0. The van der Waals surface area contributed by atoms with Crippen molar-refractivity contribution in [2.75, 3.05) is 13.1 Å². The smallest absolute Gasteiger partial charge is 0.303 e. The van der Waals surface area contributed by atoms with Gasteiger partial charge >= 0.3 is 5.97 Å². The molecule has 7 nitrogen and oxygen atoms in total. The SMILES string of the molecule is C=C(C)[C@@H]1CC[C@]2(C(=O)NCCCCCCCNC(=O)CCCC(=O)O)CC[C@]3(C)[C@H](CCC4[C@@]5(C)CC[C@H](O)C(C)(C)[C@@H]5CC[C@]43C)[C@@H]12. The number of allylic oxidation sites excluding steroid dienone is 1. The first-order chi connectivity index (χ1) is 23.0. The fourth-order valence-corrected chi connectivity index (χ4v) is 13.4. The van der Waals surface area contributed by atoms with Crippen LogP contribution in [-0.2, 0) is 14.4 Å². The van der Waals surface area contributed by atoms with Crippen LogP contribution in [0.5, 0.6) is 0 Å². The summed E-state index contributed by atoms with van der Waals surface area (Å²) >= 11 is 0. The van der Waals surface area contributed by atoms with E-state index in [-0.39, 0.29) is 51.9 Å². The minimum absolute atomic E-state index is 0.0334. The van der Waals surface area contributed by atoms with E-state index in [9.17, 15) is 19.5 Å². The van der Waals surface area contributed by atoms with Gasteiger partial charge in [-0.25, -0.2) is 0 Å². The van der Waals surface area contributed by atoms with Crippen LogP contribution in [0.3, 0.4) is 0 Å². The van der Waals surface area contributed by atoms with Gasteiger partial charge in [-0.1, -0.05) is 66.0 Å². The summed E-state index contributed by atoms with van der Waals surface area (Å²) in [5.41, 5.74) is 1.66. The highest BCUT2D eigenvalue weighted by molar-refractivity contribution is 5.84. The lowest BCUT2D eigenvalue weighted by atomic mass is 9.32. The molecule has 0 bridgehead atoms. The van der Waals surface area contributed by atoms with Gasteiger partial charge in [0, 0.05) is 25.9 Å². The Hall–Kier alpha value is -1.89. The summed E-state index contributed by atoms with van der Waals surface area (Å²) in [5, 5.41) is 26.1. The van der Waals surface area contributed by atoms with E-state index in [4.69, 9.17) is 5.11 Å².